The summed E-state index contributed by atoms with van der Waals surface area (Å²) in [6, 6.07) is 10.3. The Balaban J connectivity index is 2.27. The monoisotopic (exact) mass is 328 g/mol. The van der Waals surface area contributed by atoms with Gasteiger partial charge in [-0.05, 0) is 37.3 Å². The van der Waals surface area contributed by atoms with Gasteiger partial charge >= 0.3 is 0 Å². The highest BCUT2D eigenvalue weighted by molar-refractivity contribution is 6.07. The first-order valence-corrected chi connectivity index (χ1v) is 7.37. The number of methoxy groups -OCH3 is 2. The fourth-order valence-electron chi connectivity index (χ4n) is 2.41. The second-order valence-electron chi connectivity index (χ2n) is 5.19. The van der Waals surface area contributed by atoms with E-state index in [1.807, 2.05) is 6.92 Å². The van der Waals surface area contributed by atoms with Crippen LogP contribution in [0.4, 0.5) is 11.4 Å². The van der Waals surface area contributed by atoms with Crippen molar-refractivity contribution >= 4 is 23.2 Å². The fraction of sp³-hybridized carbons (Fsp3) is 0.222. The maximum absolute atomic E-state index is 12.6. The zero-order valence-corrected chi connectivity index (χ0v) is 14.1. The van der Waals surface area contributed by atoms with Gasteiger partial charge in [-0.3, -0.25) is 9.59 Å². The minimum absolute atomic E-state index is 0.175. The van der Waals surface area contributed by atoms with Crippen molar-refractivity contribution in [3.05, 3.63) is 47.5 Å². The summed E-state index contributed by atoms with van der Waals surface area (Å²) in [6.45, 7) is 3.25. The topological polar surface area (TPSA) is 76.7 Å². The van der Waals surface area contributed by atoms with Gasteiger partial charge in [0.05, 0.1) is 19.8 Å². The van der Waals surface area contributed by atoms with Crippen LogP contribution in [0.25, 0.3) is 0 Å². The third-order valence-electron chi connectivity index (χ3n) is 3.47. The Morgan fingerprint density at radius 1 is 0.958 bits per heavy atom. The van der Waals surface area contributed by atoms with Gasteiger partial charge in [0.25, 0.3) is 5.91 Å². The Labute approximate surface area is 140 Å². The average molecular weight is 328 g/mol. The molecular weight excluding hydrogens is 308 g/mol. The van der Waals surface area contributed by atoms with Gasteiger partial charge in [-0.25, -0.2) is 0 Å². The van der Waals surface area contributed by atoms with E-state index in [0.29, 0.717) is 28.4 Å². The predicted octanol–water partition coefficient (Wildman–Crippen LogP) is 3.22. The third-order valence-corrected chi connectivity index (χ3v) is 3.47. The first-order valence-electron chi connectivity index (χ1n) is 7.37. The number of carbonyl (C=O) groups is 2. The molecule has 2 aromatic rings. The number of rotatable bonds is 5. The molecule has 6 heteroatoms. The highest BCUT2D eigenvalue weighted by Gasteiger charge is 2.17. The molecule has 0 saturated carbocycles. The molecule has 0 aliphatic heterocycles. The van der Waals surface area contributed by atoms with Crippen LogP contribution in [0.2, 0.25) is 0 Å². The van der Waals surface area contributed by atoms with E-state index in [0.717, 1.165) is 5.56 Å². The molecule has 2 rings (SSSR count). The molecule has 6 nitrogen and oxygen atoms in total. The van der Waals surface area contributed by atoms with E-state index in [-0.39, 0.29) is 11.8 Å². The molecule has 0 fully saturated rings. The van der Waals surface area contributed by atoms with E-state index in [1.54, 1.807) is 43.5 Å². The van der Waals surface area contributed by atoms with E-state index >= 15 is 0 Å². The second-order valence-corrected chi connectivity index (χ2v) is 5.19. The van der Waals surface area contributed by atoms with Crippen LogP contribution in [0.15, 0.2) is 36.4 Å². The number of anilines is 2. The largest absolute Gasteiger partial charge is 0.496 e. The summed E-state index contributed by atoms with van der Waals surface area (Å²) in [5, 5.41) is 5.47. The molecule has 126 valence electrons. The number of benzene rings is 2. The smallest absolute Gasteiger partial charge is 0.259 e. The predicted molar refractivity (Wildman–Crippen MR) is 93.0 cm³/mol. The van der Waals surface area contributed by atoms with E-state index in [9.17, 15) is 9.59 Å². The summed E-state index contributed by atoms with van der Waals surface area (Å²) in [5.74, 6) is 0.629. The Bertz CT molecular complexity index is 772. The van der Waals surface area contributed by atoms with Crippen molar-refractivity contribution in [2.45, 2.75) is 13.8 Å². The number of nitrogens with one attached hydrogen (secondary N) is 2. The Kier molecular flexibility index (Phi) is 5.42. The average Bonchev–Trinajstić information content (AvgIpc) is 2.54. The lowest BCUT2D eigenvalue weighted by Crippen LogP contribution is -2.14. The molecule has 0 aliphatic rings. The number of amides is 2. The maximum Gasteiger partial charge on any atom is 0.259 e. The van der Waals surface area contributed by atoms with Crippen LogP contribution in [0, 0.1) is 6.92 Å². The first-order chi connectivity index (χ1) is 11.5. The highest BCUT2D eigenvalue weighted by Crippen LogP contribution is 2.31. The van der Waals surface area contributed by atoms with Crippen LogP contribution >= 0.6 is 0 Å². The van der Waals surface area contributed by atoms with Gasteiger partial charge in [0.2, 0.25) is 5.91 Å². The van der Waals surface area contributed by atoms with Crippen LogP contribution in [-0.2, 0) is 4.79 Å². The quantitative estimate of drug-likeness (QED) is 0.883. The summed E-state index contributed by atoms with van der Waals surface area (Å²) in [6.07, 6.45) is 0. The van der Waals surface area contributed by atoms with Crippen LogP contribution in [0.1, 0.15) is 22.8 Å². The number of ether oxygens (including phenoxy) is 2. The van der Waals surface area contributed by atoms with Gasteiger partial charge in [0.1, 0.15) is 11.5 Å². The Morgan fingerprint density at radius 3 is 2.21 bits per heavy atom. The molecule has 24 heavy (non-hydrogen) atoms. The van der Waals surface area contributed by atoms with Crippen molar-refractivity contribution < 1.29 is 19.1 Å². The molecule has 0 radical (unpaired) electrons. The number of carbonyl (C=O) groups excluding carboxylic acids is 2. The molecule has 0 aliphatic carbocycles. The standard InChI is InChI=1S/C18H20N2O4/c1-11-16(23-3)9-8-15(17(11)24-4)18(22)20-14-7-5-6-13(10-14)19-12(2)21/h5-10H,1-4H3,(H,19,21)(H,20,22). The minimum atomic E-state index is -0.308. The normalized spacial score (nSPS) is 10.0. The van der Waals surface area contributed by atoms with Crippen molar-refractivity contribution in [1.29, 1.82) is 0 Å². The van der Waals surface area contributed by atoms with Gasteiger partial charge in [-0.2, -0.15) is 0 Å². The Hall–Kier alpha value is -3.02. The van der Waals surface area contributed by atoms with E-state index in [4.69, 9.17) is 9.47 Å². The van der Waals surface area contributed by atoms with E-state index < -0.39 is 0 Å². The number of hydrogen-bond acceptors (Lipinski definition) is 4. The molecule has 2 aromatic carbocycles. The van der Waals surface area contributed by atoms with Gasteiger partial charge < -0.3 is 20.1 Å². The molecule has 2 N–H and O–H groups in total. The lowest BCUT2D eigenvalue weighted by molar-refractivity contribution is -0.114. The van der Waals surface area contributed by atoms with Gasteiger partial charge in [-0.1, -0.05) is 6.07 Å². The molecule has 0 unspecified atom stereocenters. The van der Waals surface area contributed by atoms with Gasteiger partial charge in [0, 0.05) is 23.9 Å². The van der Waals surface area contributed by atoms with Gasteiger partial charge in [-0.15, -0.1) is 0 Å². The Morgan fingerprint density at radius 2 is 1.62 bits per heavy atom. The summed E-state index contributed by atoms with van der Waals surface area (Å²) in [5.41, 5.74) is 2.33. The van der Waals surface area contributed by atoms with Crippen molar-refractivity contribution in [1.82, 2.24) is 0 Å². The summed E-state index contributed by atoms with van der Waals surface area (Å²) < 4.78 is 10.6. The second kappa shape index (κ2) is 7.50. The molecule has 0 spiro atoms. The van der Waals surface area contributed by atoms with Gasteiger partial charge in [0.15, 0.2) is 0 Å². The molecule has 0 heterocycles. The van der Waals surface area contributed by atoms with E-state index in [2.05, 4.69) is 10.6 Å². The summed E-state index contributed by atoms with van der Waals surface area (Å²) in [4.78, 5) is 23.7. The van der Waals surface area contributed by atoms with E-state index in [1.165, 1.54) is 14.0 Å². The van der Waals surface area contributed by atoms with Crippen molar-refractivity contribution in [3.8, 4) is 11.5 Å². The molecular formula is C18H20N2O4. The summed E-state index contributed by atoms with van der Waals surface area (Å²) >= 11 is 0. The van der Waals surface area contributed by atoms with Crippen LogP contribution < -0.4 is 20.1 Å². The molecule has 0 saturated heterocycles. The van der Waals surface area contributed by atoms with Crippen LogP contribution in [0.3, 0.4) is 0 Å². The molecule has 0 atom stereocenters. The third kappa shape index (κ3) is 3.84. The first kappa shape index (κ1) is 17.3. The van der Waals surface area contributed by atoms with Crippen LogP contribution in [0.5, 0.6) is 11.5 Å². The van der Waals surface area contributed by atoms with Crippen molar-refractivity contribution in [2.75, 3.05) is 24.9 Å². The lowest BCUT2D eigenvalue weighted by Gasteiger charge is -2.14. The highest BCUT2D eigenvalue weighted by atomic mass is 16.5. The van der Waals surface area contributed by atoms with Crippen molar-refractivity contribution in [3.63, 3.8) is 0 Å². The fourth-order valence-corrected chi connectivity index (χ4v) is 2.41. The molecule has 0 aromatic heterocycles. The molecule has 0 bridgehead atoms. The summed E-state index contributed by atoms with van der Waals surface area (Å²) in [7, 11) is 3.07. The number of hydrogen-bond donors (Lipinski definition) is 2. The maximum atomic E-state index is 12.6. The zero-order valence-electron chi connectivity index (χ0n) is 14.1. The SMILES string of the molecule is COc1ccc(C(=O)Nc2cccc(NC(C)=O)c2)c(OC)c1C. The molecule has 2 amide bonds. The lowest BCUT2D eigenvalue weighted by atomic mass is 10.1. The van der Waals surface area contributed by atoms with Crippen LogP contribution in [-0.4, -0.2) is 26.0 Å². The zero-order chi connectivity index (χ0) is 17.7. The minimum Gasteiger partial charge on any atom is -0.496 e. The van der Waals surface area contributed by atoms with Crippen molar-refractivity contribution in [2.24, 2.45) is 0 Å².